The highest BCUT2D eigenvalue weighted by molar-refractivity contribution is 5.65. The van der Waals surface area contributed by atoms with Crippen molar-refractivity contribution in [2.75, 3.05) is 48.8 Å². The van der Waals surface area contributed by atoms with E-state index >= 15 is 0 Å². The second-order valence-electron chi connectivity index (χ2n) is 7.67. The van der Waals surface area contributed by atoms with Crippen molar-refractivity contribution in [3.05, 3.63) is 65.9 Å². The third-order valence-corrected chi connectivity index (χ3v) is 5.31. The average molecular weight is 405 g/mol. The summed E-state index contributed by atoms with van der Waals surface area (Å²) >= 11 is 0. The standard InChI is InChI=1S/C23H28N6O/c1-17-15-24-23(27-22(17)25-19-6-3-5-18(13-19)16-30)26-20-7-4-8-21(14-20)29-11-9-28(2)10-12-29/h3-8,13-15,30H,9-12,16H2,1-2H3,(H2,24,25,26,27). The van der Waals surface area contributed by atoms with Crippen LogP contribution in [0.3, 0.4) is 0 Å². The Morgan fingerprint density at radius 1 is 0.967 bits per heavy atom. The third-order valence-electron chi connectivity index (χ3n) is 5.31. The molecule has 30 heavy (non-hydrogen) atoms. The molecule has 7 heteroatoms. The molecule has 1 saturated heterocycles. The number of aromatic nitrogens is 2. The van der Waals surface area contributed by atoms with Gasteiger partial charge in [0.25, 0.3) is 0 Å². The van der Waals surface area contributed by atoms with Crippen molar-refractivity contribution in [2.24, 2.45) is 0 Å². The van der Waals surface area contributed by atoms with E-state index in [1.165, 1.54) is 5.69 Å². The Bertz CT molecular complexity index is 1000. The van der Waals surface area contributed by atoms with Gasteiger partial charge in [0, 0.05) is 55.0 Å². The normalized spacial score (nSPS) is 14.6. The Morgan fingerprint density at radius 2 is 1.70 bits per heavy atom. The van der Waals surface area contributed by atoms with Gasteiger partial charge < -0.3 is 25.5 Å². The highest BCUT2D eigenvalue weighted by atomic mass is 16.3. The molecule has 4 rings (SSSR count). The smallest absolute Gasteiger partial charge is 0.229 e. The molecule has 3 aromatic rings. The fraction of sp³-hybridized carbons (Fsp3) is 0.304. The SMILES string of the molecule is Cc1cnc(Nc2cccc(N3CCN(C)CC3)c2)nc1Nc1cccc(CO)c1. The van der Waals surface area contributed by atoms with E-state index in [0.717, 1.165) is 54.5 Å². The molecule has 0 amide bonds. The van der Waals surface area contributed by atoms with Crippen LogP contribution in [-0.2, 0) is 6.61 Å². The summed E-state index contributed by atoms with van der Waals surface area (Å²) in [6, 6.07) is 16.0. The van der Waals surface area contributed by atoms with Gasteiger partial charge in [-0.3, -0.25) is 0 Å². The minimum atomic E-state index is 0.00866. The Balaban J connectivity index is 1.50. The van der Waals surface area contributed by atoms with Crippen LogP contribution in [0.15, 0.2) is 54.7 Å². The monoisotopic (exact) mass is 404 g/mol. The van der Waals surface area contributed by atoms with Crippen molar-refractivity contribution in [2.45, 2.75) is 13.5 Å². The molecule has 1 aliphatic rings. The Kier molecular flexibility index (Phi) is 6.11. The van der Waals surface area contributed by atoms with Crippen LogP contribution < -0.4 is 15.5 Å². The lowest BCUT2D eigenvalue weighted by Crippen LogP contribution is -2.44. The molecule has 2 heterocycles. The first-order valence-corrected chi connectivity index (χ1v) is 10.2. The number of benzene rings is 2. The van der Waals surface area contributed by atoms with E-state index in [1.54, 1.807) is 6.20 Å². The fourth-order valence-electron chi connectivity index (χ4n) is 3.49. The van der Waals surface area contributed by atoms with Gasteiger partial charge in [-0.15, -0.1) is 0 Å². The molecule has 1 aliphatic heterocycles. The summed E-state index contributed by atoms with van der Waals surface area (Å²) in [5.41, 5.74) is 4.85. The number of hydrogen-bond donors (Lipinski definition) is 3. The molecule has 0 radical (unpaired) electrons. The number of anilines is 5. The average Bonchev–Trinajstić information content (AvgIpc) is 2.77. The summed E-state index contributed by atoms with van der Waals surface area (Å²) in [6.45, 7) is 6.19. The Labute approximate surface area is 177 Å². The Hall–Kier alpha value is -3.16. The van der Waals surface area contributed by atoms with Gasteiger partial charge in [0.2, 0.25) is 5.95 Å². The third kappa shape index (κ3) is 4.87. The summed E-state index contributed by atoms with van der Waals surface area (Å²) in [4.78, 5) is 13.8. The summed E-state index contributed by atoms with van der Waals surface area (Å²) in [5.74, 6) is 1.27. The van der Waals surface area contributed by atoms with Crippen molar-refractivity contribution in [3.63, 3.8) is 0 Å². The predicted molar refractivity (Wildman–Crippen MR) is 122 cm³/mol. The maximum Gasteiger partial charge on any atom is 0.229 e. The summed E-state index contributed by atoms with van der Waals surface area (Å²) in [6.07, 6.45) is 1.80. The first-order chi connectivity index (χ1) is 14.6. The summed E-state index contributed by atoms with van der Waals surface area (Å²) in [5, 5.41) is 16.0. The van der Waals surface area contributed by atoms with E-state index in [2.05, 4.69) is 55.6 Å². The molecule has 0 atom stereocenters. The van der Waals surface area contributed by atoms with Crippen LogP contribution in [0.5, 0.6) is 0 Å². The van der Waals surface area contributed by atoms with Crippen molar-refractivity contribution < 1.29 is 5.11 Å². The highest BCUT2D eigenvalue weighted by Crippen LogP contribution is 2.24. The zero-order valence-electron chi connectivity index (χ0n) is 17.5. The number of aryl methyl sites for hydroxylation is 1. The van der Waals surface area contributed by atoms with Crippen molar-refractivity contribution >= 4 is 28.8 Å². The van der Waals surface area contributed by atoms with E-state index in [-0.39, 0.29) is 6.61 Å². The minimum Gasteiger partial charge on any atom is -0.392 e. The van der Waals surface area contributed by atoms with Crippen molar-refractivity contribution in [1.29, 1.82) is 0 Å². The minimum absolute atomic E-state index is 0.00866. The second-order valence-corrected chi connectivity index (χ2v) is 7.67. The van der Waals surface area contributed by atoms with Gasteiger partial charge in [-0.1, -0.05) is 18.2 Å². The first-order valence-electron chi connectivity index (χ1n) is 10.2. The summed E-state index contributed by atoms with van der Waals surface area (Å²) in [7, 11) is 2.16. The van der Waals surface area contributed by atoms with Crippen LogP contribution in [0.2, 0.25) is 0 Å². The lowest BCUT2D eigenvalue weighted by Gasteiger charge is -2.34. The number of aliphatic hydroxyl groups excluding tert-OH is 1. The lowest BCUT2D eigenvalue weighted by atomic mass is 10.2. The van der Waals surface area contributed by atoms with Crippen molar-refractivity contribution in [1.82, 2.24) is 14.9 Å². The van der Waals surface area contributed by atoms with Crippen LogP contribution in [-0.4, -0.2) is 53.2 Å². The van der Waals surface area contributed by atoms with E-state index in [4.69, 9.17) is 0 Å². The molecule has 0 spiro atoms. The second kappa shape index (κ2) is 9.11. The Morgan fingerprint density at radius 3 is 2.47 bits per heavy atom. The van der Waals surface area contributed by atoms with Crippen LogP contribution in [0, 0.1) is 6.92 Å². The fourth-order valence-corrected chi connectivity index (χ4v) is 3.49. The maximum atomic E-state index is 9.35. The van der Waals surface area contributed by atoms with E-state index in [1.807, 2.05) is 37.3 Å². The molecule has 0 unspecified atom stereocenters. The highest BCUT2D eigenvalue weighted by Gasteiger charge is 2.14. The number of rotatable bonds is 6. The van der Waals surface area contributed by atoms with Gasteiger partial charge in [0.1, 0.15) is 5.82 Å². The number of nitrogens with zero attached hydrogens (tertiary/aromatic N) is 4. The van der Waals surface area contributed by atoms with E-state index in [9.17, 15) is 5.11 Å². The quantitative estimate of drug-likeness (QED) is 0.580. The number of piperazine rings is 1. The van der Waals surface area contributed by atoms with Crippen LogP contribution >= 0.6 is 0 Å². The van der Waals surface area contributed by atoms with E-state index < -0.39 is 0 Å². The topological polar surface area (TPSA) is 76.6 Å². The van der Waals surface area contributed by atoms with Crippen molar-refractivity contribution in [3.8, 4) is 0 Å². The zero-order chi connectivity index (χ0) is 20.9. The van der Waals surface area contributed by atoms with Crippen LogP contribution in [0.4, 0.5) is 28.8 Å². The number of likely N-dealkylation sites (N-methyl/N-ethyl adjacent to an activating group) is 1. The van der Waals surface area contributed by atoms with Gasteiger partial charge >= 0.3 is 0 Å². The largest absolute Gasteiger partial charge is 0.392 e. The van der Waals surface area contributed by atoms with E-state index in [0.29, 0.717) is 5.95 Å². The number of nitrogens with one attached hydrogen (secondary N) is 2. The molecule has 2 aromatic carbocycles. The molecule has 0 aliphatic carbocycles. The summed E-state index contributed by atoms with van der Waals surface area (Å²) < 4.78 is 0. The van der Waals surface area contributed by atoms with Gasteiger partial charge in [0.15, 0.2) is 0 Å². The van der Waals surface area contributed by atoms with Crippen LogP contribution in [0.1, 0.15) is 11.1 Å². The lowest BCUT2D eigenvalue weighted by molar-refractivity contribution is 0.282. The predicted octanol–water partition coefficient (Wildman–Crippen LogP) is 3.52. The molecular formula is C23H28N6O. The molecular weight excluding hydrogens is 376 g/mol. The van der Waals surface area contributed by atoms with Gasteiger partial charge in [0.05, 0.1) is 6.61 Å². The molecule has 7 nitrogen and oxygen atoms in total. The molecule has 0 bridgehead atoms. The first kappa shape index (κ1) is 20.1. The molecule has 1 aromatic heterocycles. The van der Waals surface area contributed by atoms with Gasteiger partial charge in [-0.05, 0) is 49.9 Å². The van der Waals surface area contributed by atoms with Gasteiger partial charge in [-0.2, -0.15) is 4.98 Å². The molecule has 3 N–H and O–H groups in total. The number of aliphatic hydroxyl groups is 1. The molecule has 0 saturated carbocycles. The van der Waals surface area contributed by atoms with Gasteiger partial charge in [-0.25, -0.2) is 4.98 Å². The number of hydrogen-bond acceptors (Lipinski definition) is 7. The molecule has 156 valence electrons. The maximum absolute atomic E-state index is 9.35. The molecule has 1 fully saturated rings. The zero-order valence-corrected chi connectivity index (χ0v) is 17.5. The van der Waals surface area contributed by atoms with Crippen LogP contribution in [0.25, 0.3) is 0 Å².